The van der Waals surface area contributed by atoms with Crippen LogP contribution in [0.3, 0.4) is 0 Å². The zero-order valence-corrected chi connectivity index (χ0v) is 13.2. The molecule has 0 bridgehead atoms. The van der Waals surface area contributed by atoms with Gasteiger partial charge in [-0.2, -0.15) is 0 Å². The van der Waals surface area contributed by atoms with Crippen molar-refractivity contribution in [1.29, 1.82) is 0 Å². The van der Waals surface area contributed by atoms with E-state index in [9.17, 15) is 13.2 Å². The third kappa shape index (κ3) is 4.54. The van der Waals surface area contributed by atoms with Gasteiger partial charge in [-0.1, -0.05) is 6.92 Å². The van der Waals surface area contributed by atoms with Crippen molar-refractivity contribution < 1.29 is 13.2 Å². The van der Waals surface area contributed by atoms with Gasteiger partial charge in [-0.3, -0.25) is 4.79 Å². The SMILES string of the molecule is CCC(C)NS(=O)(=O)c1ccc(C(=O)NCC2CC2)cc1. The Hall–Kier alpha value is -1.40. The number of benzene rings is 1. The van der Waals surface area contributed by atoms with Crippen molar-refractivity contribution in [3.8, 4) is 0 Å². The first-order valence-electron chi connectivity index (χ1n) is 7.33. The second kappa shape index (κ2) is 6.58. The van der Waals surface area contributed by atoms with E-state index < -0.39 is 10.0 Å². The van der Waals surface area contributed by atoms with Crippen LogP contribution in [0.15, 0.2) is 29.2 Å². The molecule has 1 atom stereocenters. The zero-order valence-electron chi connectivity index (χ0n) is 12.4. The van der Waals surface area contributed by atoms with Crippen LogP contribution in [0.4, 0.5) is 0 Å². The summed E-state index contributed by atoms with van der Waals surface area (Å²) in [7, 11) is -3.51. The van der Waals surface area contributed by atoms with Gasteiger partial charge < -0.3 is 5.32 Å². The lowest BCUT2D eigenvalue weighted by Gasteiger charge is -2.12. The quantitative estimate of drug-likeness (QED) is 0.807. The summed E-state index contributed by atoms with van der Waals surface area (Å²) < 4.78 is 26.8. The average Bonchev–Trinajstić information content (AvgIpc) is 3.28. The maximum absolute atomic E-state index is 12.1. The lowest BCUT2D eigenvalue weighted by Crippen LogP contribution is -2.32. The fourth-order valence-corrected chi connectivity index (χ4v) is 3.19. The van der Waals surface area contributed by atoms with Gasteiger partial charge in [-0.25, -0.2) is 13.1 Å². The summed E-state index contributed by atoms with van der Waals surface area (Å²) in [5.74, 6) is 0.467. The highest BCUT2D eigenvalue weighted by atomic mass is 32.2. The molecule has 1 aliphatic carbocycles. The normalized spacial score (nSPS) is 16.5. The minimum absolute atomic E-state index is 0.114. The Morgan fingerprint density at radius 2 is 1.90 bits per heavy atom. The molecule has 1 fully saturated rings. The van der Waals surface area contributed by atoms with Gasteiger partial charge in [0.1, 0.15) is 0 Å². The van der Waals surface area contributed by atoms with Gasteiger partial charge in [0, 0.05) is 18.2 Å². The molecular formula is C15H22N2O3S. The molecule has 1 aromatic rings. The summed E-state index contributed by atoms with van der Waals surface area (Å²) in [5.41, 5.74) is 0.484. The lowest BCUT2D eigenvalue weighted by atomic mass is 10.2. The molecule has 0 aromatic heterocycles. The van der Waals surface area contributed by atoms with Crippen LogP contribution in [0, 0.1) is 5.92 Å². The topological polar surface area (TPSA) is 75.3 Å². The lowest BCUT2D eigenvalue weighted by molar-refractivity contribution is 0.0951. The molecule has 2 N–H and O–H groups in total. The third-order valence-electron chi connectivity index (χ3n) is 3.64. The Balaban J connectivity index is 2.01. The van der Waals surface area contributed by atoms with Crippen molar-refractivity contribution in [3.05, 3.63) is 29.8 Å². The maximum Gasteiger partial charge on any atom is 0.251 e. The van der Waals surface area contributed by atoms with Crippen molar-refractivity contribution in [1.82, 2.24) is 10.0 Å². The molecule has 2 rings (SSSR count). The zero-order chi connectivity index (χ0) is 15.5. The molecule has 0 radical (unpaired) electrons. The van der Waals surface area contributed by atoms with Crippen LogP contribution in [-0.2, 0) is 10.0 Å². The summed E-state index contributed by atoms with van der Waals surface area (Å²) in [5, 5.41) is 2.86. The van der Waals surface area contributed by atoms with Crippen LogP contribution in [-0.4, -0.2) is 26.9 Å². The van der Waals surface area contributed by atoms with Gasteiger partial charge in [0.15, 0.2) is 0 Å². The van der Waals surface area contributed by atoms with Crippen LogP contribution >= 0.6 is 0 Å². The smallest absolute Gasteiger partial charge is 0.251 e. The van der Waals surface area contributed by atoms with Crippen molar-refractivity contribution in [2.75, 3.05) is 6.54 Å². The fraction of sp³-hybridized carbons (Fsp3) is 0.533. The highest BCUT2D eigenvalue weighted by Crippen LogP contribution is 2.27. The Labute approximate surface area is 126 Å². The predicted molar refractivity (Wildman–Crippen MR) is 81.6 cm³/mol. The Bertz CT molecular complexity index is 592. The molecule has 116 valence electrons. The van der Waals surface area contributed by atoms with Gasteiger partial charge in [-0.05, 0) is 56.4 Å². The van der Waals surface area contributed by atoms with Gasteiger partial charge in [0.25, 0.3) is 5.91 Å². The van der Waals surface area contributed by atoms with Gasteiger partial charge >= 0.3 is 0 Å². The summed E-state index contributed by atoms with van der Waals surface area (Å²) in [6.07, 6.45) is 3.08. The van der Waals surface area contributed by atoms with Crippen LogP contribution in [0.1, 0.15) is 43.5 Å². The first-order valence-corrected chi connectivity index (χ1v) is 8.81. The molecule has 0 aliphatic heterocycles. The number of carbonyl (C=O) groups excluding carboxylic acids is 1. The second-order valence-electron chi connectivity index (χ2n) is 5.61. The van der Waals surface area contributed by atoms with Crippen LogP contribution in [0.25, 0.3) is 0 Å². The van der Waals surface area contributed by atoms with E-state index >= 15 is 0 Å². The Morgan fingerprint density at radius 3 is 2.43 bits per heavy atom. The number of rotatable bonds is 7. The molecule has 6 heteroatoms. The molecule has 0 heterocycles. The molecule has 1 amide bonds. The van der Waals surface area contributed by atoms with Crippen molar-refractivity contribution in [2.45, 2.75) is 44.0 Å². The monoisotopic (exact) mass is 310 g/mol. The van der Waals surface area contributed by atoms with Gasteiger partial charge in [0.2, 0.25) is 10.0 Å². The van der Waals surface area contributed by atoms with Gasteiger partial charge in [0.05, 0.1) is 4.90 Å². The van der Waals surface area contributed by atoms with Crippen LogP contribution in [0.2, 0.25) is 0 Å². The highest BCUT2D eigenvalue weighted by Gasteiger charge is 2.22. The molecule has 1 aromatic carbocycles. The van der Waals surface area contributed by atoms with Crippen molar-refractivity contribution in [2.24, 2.45) is 5.92 Å². The van der Waals surface area contributed by atoms with Crippen molar-refractivity contribution in [3.63, 3.8) is 0 Å². The Morgan fingerprint density at radius 1 is 1.29 bits per heavy atom. The molecule has 1 saturated carbocycles. The van der Waals surface area contributed by atoms with E-state index in [1.807, 2.05) is 13.8 Å². The molecule has 21 heavy (non-hydrogen) atoms. The fourth-order valence-electron chi connectivity index (χ4n) is 1.86. The van der Waals surface area contributed by atoms with E-state index in [0.29, 0.717) is 18.0 Å². The molecule has 5 nitrogen and oxygen atoms in total. The number of amides is 1. The van der Waals surface area contributed by atoms with E-state index in [1.165, 1.54) is 25.0 Å². The average molecular weight is 310 g/mol. The Kier molecular flexibility index (Phi) is 5.00. The summed E-state index contributed by atoms with van der Waals surface area (Å²) >= 11 is 0. The molecule has 0 spiro atoms. The van der Waals surface area contributed by atoms with E-state index in [2.05, 4.69) is 10.0 Å². The minimum Gasteiger partial charge on any atom is -0.352 e. The van der Waals surface area contributed by atoms with E-state index in [-0.39, 0.29) is 16.8 Å². The standard InChI is InChI=1S/C15H22N2O3S/c1-3-11(2)17-21(19,20)14-8-6-13(7-9-14)15(18)16-10-12-4-5-12/h6-9,11-12,17H,3-5,10H2,1-2H3,(H,16,18). The van der Waals surface area contributed by atoms with Crippen molar-refractivity contribution >= 4 is 15.9 Å². The molecule has 0 saturated heterocycles. The van der Waals surface area contributed by atoms with Crippen LogP contribution in [0.5, 0.6) is 0 Å². The number of hydrogen-bond donors (Lipinski definition) is 2. The van der Waals surface area contributed by atoms with E-state index in [4.69, 9.17) is 0 Å². The second-order valence-corrected chi connectivity index (χ2v) is 7.32. The maximum atomic E-state index is 12.1. The largest absolute Gasteiger partial charge is 0.352 e. The molecule has 1 unspecified atom stereocenters. The number of nitrogens with one attached hydrogen (secondary N) is 2. The van der Waals surface area contributed by atoms with Crippen LogP contribution < -0.4 is 10.0 Å². The first-order chi connectivity index (χ1) is 9.92. The summed E-state index contributed by atoms with van der Waals surface area (Å²) in [4.78, 5) is 12.1. The van der Waals surface area contributed by atoms with E-state index in [1.54, 1.807) is 12.1 Å². The first kappa shape index (κ1) is 16.0. The van der Waals surface area contributed by atoms with Gasteiger partial charge in [-0.15, -0.1) is 0 Å². The summed E-state index contributed by atoms with van der Waals surface area (Å²) in [6.45, 7) is 4.44. The number of sulfonamides is 1. The molecule has 1 aliphatic rings. The minimum atomic E-state index is -3.51. The highest BCUT2D eigenvalue weighted by molar-refractivity contribution is 7.89. The van der Waals surface area contributed by atoms with E-state index in [0.717, 1.165) is 6.42 Å². The predicted octanol–water partition coefficient (Wildman–Crippen LogP) is 1.90. The third-order valence-corrected chi connectivity index (χ3v) is 5.25. The number of hydrogen-bond acceptors (Lipinski definition) is 3. The molecular weight excluding hydrogens is 288 g/mol. The summed E-state index contributed by atoms with van der Waals surface area (Å²) in [6, 6.07) is 5.92. The number of carbonyl (C=O) groups is 1.